The van der Waals surface area contributed by atoms with Crippen molar-refractivity contribution < 1.29 is 4.79 Å². The molecule has 1 aliphatic heterocycles. The molecule has 0 unspecified atom stereocenters. The lowest BCUT2D eigenvalue weighted by Gasteiger charge is -2.27. The molecule has 1 amide bonds. The number of benzene rings is 1. The largest absolute Gasteiger partial charge is 0.316 e. The second-order valence-corrected chi connectivity index (χ2v) is 4.78. The van der Waals surface area contributed by atoms with Crippen LogP contribution >= 0.6 is 11.8 Å². The predicted molar refractivity (Wildman–Crippen MR) is 67.9 cm³/mol. The van der Waals surface area contributed by atoms with E-state index in [1.54, 1.807) is 4.90 Å². The molecule has 0 atom stereocenters. The summed E-state index contributed by atoms with van der Waals surface area (Å²) in [4.78, 5) is 14.4. The minimum absolute atomic E-state index is 0.00524. The first kappa shape index (κ1) is 12.0. The molecule has 5 heteroatoms. The highest BCUT2D eigenvalue weighted by atomic mass is 32.2. The van der Waals surface area contributed by atoms with Gasteiger partial charge in [0.05, 0.1) is 17.5 Å². The summed E-state index contributed by atoms with van der Waals surface area (Å²) < 4.78 is 0. The van der Waals surface area contributed by atoms with E-state index < -0.39 is 0 Å². The van der Waals surface area contributed by atoms with Crippen LogP contribution in [0.3, 0.4) is 0 Å². The summed E-state index contributed by atoms with van der Waals surface area (Å²) in [5.41, 5.74) is 1.98. The van der Waals surface area contributed by atoms with Crippen LogP contribution in [0.1, 0.15) is 5.56 Å². The van der Waals surface area contributed by atoms with Crippen molar-refractivity contribution in [1.82, 2.24) is 5.32 Å². The average molecular weight is 247 g/mol. The zero-order chi connectivity index (χ0) is 12.3. The van der Waals surface area contributed by atoms with Gasteiger partial charge in [0.2, 0.25) is 5.91 Å². The molecule has 0 aromatic heterocycles. The molecular weight excluding hydrogens is 234 g/mol. The van der Waals surface area contributed by atoms with Crippen molar-refractivity contribution in [2.75, 3.05) is 24.2 Å². The Kier molecular flexibility index (Phi) is 3.67. The molecular formula is C12H13N3OS. The van der Waals surface area contributed by atoms with E-state index >= 15 is 0 Å². The Labute approximate surface area is 105 Å². The molecule has 0 fully saturated rings. The fourth-order valence-electron chi connectivity index (χ4n) is 1.81. The van der Waals surface area contributed by atoms with Gasteiger partial charge in [-0.3, -0.25) is 9.69 Å². The molecule has 0 saturated heterocycles. The molecule has 1 aliphatic rings. The summed E-state index contributed by atoms with van der Waals surface area (Å²) in [7, 11) is 1.88. The van der Waals surface area contributed by atoms with Crippen LogP contribution in [0.15, 0.2) is 23.1 Å². The Bertz CT molecular complexity index is 481. The fraction of sp³-hybridized carbons (Fsp3) is 0.333. The highest BCUT2D eigenvalue weighted by Crippen LogP contribution is 2.35. The fourth-order valence-corrected chi connectivity index (χ4v) is 2.72. The van der Waals surface area contributed by atoms with Crippen LogP contribution in [0.25, 0.3) is 0 Å². The van der Waals surface area contributed by atoms with Gasteiger partial charge in [-0.25, -0.2) is 0 Å². The highest BCUT2D eigenvalue weighted by Gasteiger charge is 2.24. The van der Waals surface area contributed by atoms with E-state index in [1.165, 1.54) is 11.8 Å². The Hall–Kier alpha value is -1.51. The van der Waals surface area contributed by atoms with Gasteiger partial charge in [0.25, 0.3) is 0 Å². The summed E-state index contributed by atoms with van der Waals surface area (Å²) in [5.74, 6) is 0.422. The minimum Gasteiger partial charge on any atom is -0.316 e. The van der Waals surface area contributed by atoms with Gasteiger partial charge in [-0.2, -0.15) is 5.26 Å². The van der Waals surface area contributed by atoms with Crippen molar-refractivity contribution in [3.63, 3.8) is 0 Å². The van der Waals surface area contributed by atoms with Gasteiger partial charge in [0.1, 0.15) is 6.54 Å². The number of hydrogen-bond donors (Lipinski definition) is 1. The third kappa shape index (κ3) is 2.43. The van der Waals surface area contributed by atoms with Crippen molar-refractivity contribution in [3.05, 3.63) is 23.8 Å². The molecule has 0 radical (unpaired) electrons. The zero-order valence-corrected chi connectivity index (χ0v) is 10.4. The SMILES string of the molecule is CNCc1ccc2c(c1)N(CC#N)C(=O)CS2. The number of rotatable bonds is 3. The van der Waals surface area contributed by atoms with Gasteiger partial charge in [-0.15, -0.1) is 11.8 Å². The Morgan fingerprint density at radius 3 is 3.12 bits per heavy atom. The van der Waals surface area contributed by atoms with E-state index in [0.717, 1.165) is 22.7 Å². The molecule has 17 heavy (non-hydrogen) atoms. The van der Waals surface area contributed by atoms with E-state index in [-0.39, 0.29) is 12.5 Å². The molecule has 0 spiro atoms. The smallest absolute Gasteiger partial charge is 0.238 e. The summed E-state index contributed by atoms with van der Waals surface area (Å²) in [6.07, 6.45) is 0. The third-order valence-corrected chi connectivity index (χ3v) is 3.62. The summed E-state index contributed by atoms with van der Waals surface area (Å²) >= 11 is 1.53. The molecule has 1 N–H and O–H groups in total. The van der Waals surface area contributed by atoms with E-state index in [2.05, 4.69) is 5.32 Å². The van der Waals surface area contributed by atoms with Crippen LogP contribution in [0.5, 0.6) is 0 Å². The lowest BCUT2D eigenvalue weighted by atomic mass is 10.1. The molecule has 0 saturated carbocycles. The molecule has 88 valence electrons. The Balaban J connectivity index is 2.38. The van der Waals surface area contributed by atoms with Crippen LogP contribution in [-0.2, 0) is 11.3 Å². The van der Waals surface area contributed by atoms with Crippen LogP contribution in [0.2, 0.25) is 0 Å². The standard InChI is InChI=1S/C12H13N3OS/c1-14-7-9-2-3-11-10(6-9)15(5-4-13)12(16)8-17-11/h2-3,6,14H,5,7-8H2,1H3. The van der Waals surface area contributed by atoms with Crippen molar-refractivity contribution >= 4 is 23.4 Å². The minimum atomic E-state index is 0.00524. The van der Waals surface area contributed by atoms with Crippen LogP contribution in [0, 0.1) is 11.3 Å². The zero-order valence-electron chi connectivity index (χ0n) is 9.56. The quantitative estimate of drug-likeness (QED) is 0.820. The number of amides is 1. The van der Waals surface area contributed by atoms with Gasteiger partial charge in [0, 0.05) is 11.4 Å². The van der Waals surface area contributed by atoms with E-state index in [1.807, 2.05) is 31.3 Å². The van der Waals surface area contributed by atoms with Crippen molar-refractivity contribution in [1.29, 1.82) is 5.26 Å². The second-order valence-electron chi connectivity index (χ2n) is 3.76. The predicted octanol–water partition coefficient (Wildman–Crippen LogP) is 1.37. The van der Waals surface area contributed by atoms with Gasteiger partial charge >= 0.3 is 0 Å². The number of nitrogens with zero attached hydrogens (tertiary/aromatic N) is 2. The number of fused-ring (bicyclic) bond motifs is 1. The number of hydrogen-bond acceptors (Lipinski definition) is 4. The van der Waals surface area contributed by atoms with E-state index in [0.29, 0.717) is 5.75 Å². The number of nitriles is 1. The molecule has 4 nitrogen and oxygen atoms in total. The summed E-state index contributed by atoms with van der Waals surface area (Å²) in [6, 6.07) is 8.08. The van der Waals surface area contributed by atoms with Crippen LogP contribution in [0.4, 0.5) is 5.69 Å². The number of nitrogens with one attached hydrogen (secondary N) is 1. The second kappa shape index (κ2) is 5.21. The van der Waals surface area contributed by atoms with Gasteiger partial charge in [-0.1, -0.05) is 6.07 Å². The lowest BCUT2D eigenvalue weighted by molar-refractivity contribution is -0.116. The van der Waals surface area contributed by atoms with Gasteiger partial charge in [0.15, 0.2) is 0 Å². The van der Waals surface area contributed by atoms with E-state index in [4.69, 9.17) is 5.26 Å². The first-order valence-electron chi connectivity index (χ1n) is 5.34. The molecule has 1 heterocycles. The molecule has 1 aromatic carbocycles. The van der Waals surface area contributed by atoms with E-state index in [9.17, 15) is 4.79 Å². The topological polar surface area (TPSA) is 56.1 Å². The number of carbonyl (C=O) groups is 1. The summed E-state index contributed by atoms with van der Waals surface area (Å²) in [5, 5.41) is 11.8. The molecule has 0 aliphatic carbocycles. The lowest BCUT2D eigenvalue weighted by Crippen LogP contribution is -2.35. The van der Waals surface area contributed by atoms with Crippen molar-refractivity contribution in [2.45, 2.75) is 11.4 Å². The maximum atomic E-state index is 11.8. The average Bonchev–Trinajstić information content (AvgIpc) is 2.33. The first-order chi connectivity index (χ1) is 8.26. The maximum Gasteiger partial charge on any atom is 0.238 e. The number of thioether (sulfide) groups is 1. The molecule has 1 aromatic rings. The number of carbonyl (C=O) groups excluding carboxylic acids is 1. The molecule has 2 rings (SSSR count). The van der Waals surface area contributed by atoms with Gasteiger partial charge in [-0.05, 0) is 24.7 Å². The Morgan fingerprint density at radius 1 is 1.59 bits per heavy atom. The number of anilines is 1. The Morgan fingerprint density at radius 2 is 2.41 bits per heavy atom. The molecule has 0 bridgehead atoms. The van der Waals surface area contributed by atoms with Crippen LogP contribution in [-0.4, -0.2) is 25.3 Å². The monoisotopic (exact) mass is 247 g/mol. The van der Waals surface area contributed by atoms with Crippen molar-refractivity contribution in [3.8, 4) is 6.07 Å². The van der Waals surface area contributed by atoms with Crippen LogP contribution < -0.4 is 10.2 Å². The first-order valence-corrected chi connectivity index (χ1v) is 6.32. The highest BCUT2D eigenvalue weighted by molar-refractivity contribution is 8.00. The summed E-state index contributed by atoms with van der Waals surface area (Å²) in [6.45, 7) is 0.877. The third-order valence-electron chi connectivity index (χ3n) is 2.58. The maximum absolute atomic E-state index is 11.8. The van der Waals surface area contributed by atoms with Gasteiger partial charge < -0.3 is 5.32 Å². The van der Waals surface area contributed by atoms with Crippen molar-refractivity contribution in [2.24, 2.45) is 0 Å². The normalized spacial score (nSPS) is 14.4.